The molecule has 1 aromatic carbocycles. The molecule has 0 bridgehead atoms. The van der Waals surface area contributed by atoms with Crippen LogP contribution in [0.15, 0.2) is 53.8 Å². The zero-order chi connectivity index (χ0) is 13.7. The molecule has 0 atom stereocenters. The average molecular weight is 252 g/mol. The Labute approximate surface area is 112 Å². The minimum Gasteiger partial charge on any atom is -0.268 e. The van der Waals surface area contributed by atoms with E-state index in [2.05, 4.69) is 30.7 Å². The predicted octanol–water partition coefficient (Wildman–Crippen LogP) is 2.91. The molecule has 3 heteroatoms. The smallest absolute Gasteiger partial charge is 0.267 e. The van der Waals surface area contributed by atoms with Crippen LogP contribution in [-0.2, 0) is 6.54 Å². The number of hydrogen-bond donors (Lipinski definition) is 0. The van der Waals surface area contributed by atoms with Crippen molar-refractivity contribution in [2.45, 2.75) is 13.5 Å². The van der Waals surface area contributed by atoms with Gasteiger partial charge in [0.25, 0.3) is 5.56 Å². The SMILES string of the molecule is C=CCn1nc(C=Cc2ccc(C)cc2)ccc1=O. The van der Waals surface area contributed by atoms with Gasteiger partial charge < -0.3 is 0 Å². The maximum Gasteiger partial charge on any atom is 0.267 e. The first-order valence-corrected chi connectivity index (χ1v) is 6.13. The van der Waals surface area contributed by atoms with Gasteiger partial charge in [0.15, 0.2) is 0 Å². The number of aromatic nitrogens is 2. The fourth-order valence-corrected chi connectivity index (χ4v) is 1.67. The van der Waals surface area contributed by atoms with Gasteiger partial charge in [0.05, 0.1) is 12.2 Å². The number of benzene rings is 1. The summed E-state index contributed by atoms with van der Waals surface area (Å²) in [7, 11) is 0. The lowest BCUT2D eigenvalue weighted by atomic mass is 10.1. The average Bonchev–Trinajstić information content (AvgIpc) is 2.42. The van der Waals surface area contributed by atoms with Crippen LogP contribution >= 0.6 is 0 Å². The molecule has 0 saturated carbocycles. The summed E-state index contributed by atoms with van der Waals surface area (Å²) in [5, 5.41) is 4.24. The van der Waals surface area contributed by atoms with Crippen LogP contribution in [-0.4, -0.2) is 9.78 Å². The molecule has 0 aliphatic rings. The van der Waals surface area contributed by atoms with Gasteiger partial charge in [-0.15, -0.1) is 6.58 Å². The van der Waals surface area contributed by atoms with Crippen molar-refractivity contribution in [2.24, 2.45) is 0 Å². The minimum atomic E-state index is -0.118. The van der Waals surface area contributed by atoms with E-state index in [9.17, 15) is 4.79 Å². The Hall–Kier alpha value is -2.42. The Balaban J connectivity index is 2.23. The Bertz CT molecular complexity index is 651. The van der Waals surface area contributed by atoms with Gasteiger partial charge in [0.1, 0.15) is 0 Å². The first-order valence-electron chi connectivity index (χ1n) is 6.13. The van der Waals surface area contributed by atoms with Crippen molar-refractivity contribution in [3.63, 3.8) is 0 Å². The molecule has 0 fully saturated rings. The first kappa shape index (κ1) is 13.0. The zero-order valence-corrected chi connectivity index (χ0v) is 10.9. The van der Waals surface area contributed by atoms with Crippen LogP contribution in [0.5, 0.6) is 0 Å². The molecule has 0 spiro atoms. The third-order valence-electron chi connectivity index (χ3n) is 2.71. The van der Waals surface area contributed by atoms with Crippen molar-refractivity contribution in [3.8, 4) is 0 Å². The standard InChI is InChI=1S/C16H16N2O/c1-3-12-18-16(19)11-10-15(17-18)9-8-14-6-4-13(2)5-7-14/h3-11H,1,12H2,2H3. The topological polar surface area (TPSA) is 34.9 Å². The van der Waals surface area contributed by atoms with Crippen molar-refractivity contribution < 1.29 is 0 Å². The quantitative estimate of drug-likeness (QED) is 0.784. The van der Waals surface area contributed by atoms with Crippen molar-refractivity contribution in [2.75, 3.05) is 0 Å². The lowest BCUT2D eigenvalue weighted by Gasteiger charge is -2.01. The van der Waals surface area contributed by atoms with Crippen LogP contribution in [0.4, 0.5) is 0 Å². The lowest BCUT2D eigenvalue weighted by molar-refractivity contribution is 0.649. The van der Waals surface area contributed by atoms with Crippen molar-refractivity contribution in [1.82, 2.24) is 9.78 Å². The molecule has 2 rings (SSSR count). The van der Waals surface area contributed by atoms with Crippen LogP contribution in [0.1, 0.15) is 16.8 Å². The van der Waals surface area contributed by atoms with Crippen molar-refractivity contribution in [3.05, 3.63) is 76.2 Å². The fourth-order valence-electron chi connectivity index (χ4n) is 1.67. The van der Waals surface area contributed by atoms with E-state index < -0.39 is 0 Å². The second-order valence-electron chi connectivity index (χ2n) is 4.31. The Morgan fingerprint density at radius 3 is 2.58 bits per heavy atom. The normalized spacial score (nSPS) is 10.8. The predicted molar refractivity (Wildman–Crippen MR) is 78.8 cm³/mol. The number of rotatable bonds is 4. The van der Waals surface area contributed by atoms with Gasteiger partial charge in [-0.05, 0) is 24.6 Å². The molecule has 1 heterocycles. The molecule has 0 N–H and O–H groups in total. The summed E-state index contributed by atoms with van der Waals surface area (Å²) in [5.41, 5.74) is 2.97. The molecule has 3 nitrogen and oxygen atoms in total. The van der Waals surface area contributed by atoms with E-state index in [1.54, 1.807) is 12.1 Å². The summed E-state index contributed by atoms with van der Waals surface area (Å²) in [6.07, 6.45) is 5.52. The third-order valence-corrected chi connectivity index (χ3v) is 2.71. The zero-order valence-electron chi connectivity index (χ0n) is 10.9. The van der Waals surface area contributed by atoms with E-state index in [1.165, 1.54) is 16.3 Å². The largest absolute Gasteiger partial charge is 0.268 e. The fraction of sp³-hybridized carbons (Fsp3) is 0.125. The highest BCUT2D eigenvalue weighted by Crippen LogP contribution is 2.07. The highest BCUT2D eigenvalue weighted by Gasteiger charge is 1.96. The number of aryl methyl sites for hydroxylation is 1. The molecule has 0 aliphatic heterocycles. The summed E-state index contributed by atoms with van der Waals surface area (Å²) in [4.78, 5) is 11.5. The van der Waals surface area contributed by atoms with Gasteiger partial charge in [-0.3, -0.25) is 4.79 Å². The van der Waals surface area contributed by atoms with Crippen LogP contribution < -0.4 is 5.56 Å². The van der Waals surface area contributed by atoms with Gasteiger partial charge in [-0.2, -0.15) is 5.10 Å². The molecular weight excluding hydrogens is 236 g/mol. The number of hydrogen-bond acceptors (Lipinski definition) is 2. The maximum atomic E-state index is 11.5. The Morgan fingerprint density at radius 1 is 1.16 bits per heavy atom. The van der Waals surface area contributed by atoms with Gasteiger partial charge in [-0.25, -0.2) is 4.68 Å². The second kappa shape index (κ2) is 5.96. The lowest BCUT2D eigenvalue weighted by Crippen LogP contribution is -2.21. The van der Waals surface area contributed by atoms with E-state index in [0.29, 0.717) is 6.54 Å². The number of nitrogens with zero attached hydrogens (tertiary/aromatic N) is 2. The molecule has 96 valence electrons. The minimum absolute atomic E-state index is 0.118. The molecule has 0 unspecified atom stereocenters. The van der Waals surface area contributed by atoms with Crippen molar-refractivity contribution in [1.29, 1.82) is 0 Å². The molecule has 2 aromatic rings. The van der Waals surface area contributed by atoms with Gasteiger partial charge in [-0.1, -0.05) is 42.0 Å². The van der Waals surface area contributed by atoms with Crippen LogP contribution in [0.3, 0.4) is 0 Å². The summed E-state index contributed by atoms with van der Waals surface area (Å²) < 4.78 is 1.39. The van der Waals surface area contributed by atoms with Gasteiger partial charge in [0, 0.05) is 6.07 Å². The molecule has 1 aromatic heterocycles. The second-order valence-corrected chi connectivity index (χ2v) is 4.31. The highest BCUT2D eigenvalue weighted by molar-refractivity contribution is 5.67. The monoisotopic (exact) mass is 252 g/mol. The van der Waals surface area contributed by atoms with E-state index >= 15 is 0 Å². The van der Waals surface area contributed by atoms with E-state index in [1.807, 2.05) is 24.3 Å². The van der Waals surface area contributed by atoms with Crippen LogP contribution in [0.25, 0.3) is 12.2 Å². The number of allylic oxidation sites excluding steroid dienone is 1. The van der Waals surface area contributed by atoms with E-state index in [-0.39, 0.29) is 5.56 Å². The molecule has 0 aliphatic carbocycles. The van der Waals surface area contributed by atoms with E-state index in [4.69, 9.17) is 0 Å². The molecule has 0 amide bonds. The van der Waals surface area contributed by atoms with Gasteiger partial charge >= 0.3 is 0 Å². The Morgan fingerprint density at radius 2 is 1.89 bits per heavy atom. The maximum absolute atomic E-state index is 11.5. The summed E-state index contributed by atoms with van der Waals surface area (Å²) in [6, 6.07) is 11.5. The molecule has 0 saturated heterocycles. The Kier molecular flexibility index (Phi) is 4.08. The summed E-state index contributed by atoms with van der Waals surface area (Å²) >= 11 is 0. The highest BCUT2D eigenvalue weighted by atomic mass is 16.1. The van der Waals surface area contributed by atoms with Crippen LogP contribution in [0, 0.1) is 6.92 Å². The molecular formula is C16H16N2O. The summed E-state index contributed by atoms with van der Waals surface area (Å²) in [6.45, 7) is 6.09. The summed E-state index contributed by atoms with van der Waals surface area (Å²) in [5.74, 6) is 0. The molecule has 19 heavy (non-hydrogen) atoms. The molecule has 0 radical (unpaired) electrons. The van der Waals surface area contributed by atoms with Gasteiger partial charge in [0.2, 0.25) is 0 Å². The van der Waals surface area contributed by atoms with Crippen molar-refractivity contribution >= 4 is 12.2 Å². The van der Waals surface area contributed by atoms with E-state index in [0.717, 1.165) is 11.3 Å². The third kappa shape index (κ3) is 3.52. The first-order chi connectivity index (χ1) is 9.19. The van der Waals surface area contributed by atoms with Crippen LogP contribution in [0.2, 0.25) is 0 Å².